The van der Waals surface area contributed by atoms with E-state index in [2.05, 4.69) is 4.74 Å². The van der Waals surface area contributed by atoms with Crippen LogP contribution in [0.3, 0.4) is 0 Å². The normalized spacial score (nSPS) is 9.42. The van der Waals surface area contributed by atoms with Crippen molar-refractivity contribution in [1.29, 1.82) is 0 Å². The van der Waals surface area contributed by atoms with E-state index in [-0.39, 0.29) is 11.5 Å². The first kappa shape index (κ1) is 8.39. The fourth-order valence-electron chi connectivity index (χ4n) is 0.807. The molecule has 0 unspecified atom stereocenters. The van der Waals surface area contributed by atoms with Gasteiger partial charge in [-0.3, -0.25) is 0 Å². The maximum atomic E-state index is 10.4. The molecule has 0 saturated heterocycles. The highest BCUT2D eigenvalue weighted by atomic mass is 16.5. The number of primary amides is 1. The van der Waals surface area contributed by atoms with Crippen LogP contribution in [0.5, 0.6) is 11.5 Å². The van der Waals surface area contributed by atoms with E-state index in [9.17, 15) is 4.79 Å². The number of aromatic hydroxyl groups is 1. The summed E-state index contributed by atoms with van der Waals surface area (Å²) in [5, 5.41) is 9.02. The zero-order valence-electron chi connectivity index (χ0n) is 6.57. The average Bonchev–Trinajstić information content (AvgIpc) is 1.96. The van der Waals surface area contributed by atoms with Gasteiger partial charge in [-0.05, 0) is 18.6 Å². The SMILES string of the molecule is Cc1ccc(O)cc1OC(N)=O. The van der Waals surface area contributed by atoms with Crippen molar-refractivity contribution in [2.24, 2.45) is 5.73 Å². The Kier molecular flexibility index (Phi) is 2.19. The number of hydrogen-bond acceptors (Lipinski definition) is 3. The lowest BCUT2D eigenvalue weighted by Crippen LogP contribution is -2.16. The van der Waals surface area contributed by atoms with Crippen LogP contribution in [0.2, 0.25) is 0 Å². The summed E-state index contributed by atoms with van der Waals surface area (Å²) in [4.78, 5) is 10.4. The number of benzene rings is 1. The van der Waals surface area contributed by atoms with E-state index < -0.39 is 6.09 Å². The summed E-state index contributed by atoms with van der Waals surface area (Å²) in [6.07, 6.45) is -0.885. The molecule has 1 aromatic carbocycles. The molecular weight excluding hydrogens is 158 g/mol. The lowest BCUT2D eigenvalue weighted by Gasteiger charge is -2.04. The van der Waals surface area contributed by atoms with Gasteiger partial charge in [0.05, 0.1) is 0 Å². The summed E-state index contributed by atoms with van der Waals surface area (Å²) in [5.74, 6) is 0.319. The molecule has 64 valence electrons. The topological polar surface area (TPSA) is 72.6 Å². The smallest absolute Gasteiger partial charge is 0.409 e. The molecule has 1 aromatic rings. The first-order valence-corrected chi connectivity index (χ1v) is 3.36. The number of aryl methyl sites for hydroxylation is 1. The van der Waals surface area contributed by atoms with E-state index in [0.29, 0.717) is 0 Å². The summed E-state index contributed by atoms with van der Waals surface area (Å²) in [5.41, 5.74) is 5.54. The monoisotopic (exact) mass is 167 g/mol. The summed E-state index contributed by atoms with van der Waals surface area (Å²) in [6, 6.07) is 4.47. The zero-order valence-corrected chi connectivity index (χ0v) is 6.57. The zero-order chi connectivity index (χ0) is 9.14. The lowest BCUT2D eigenvalue weighted by atomic mass is 10.2. The van der Waals surface area contributed by atoms with Gasteiger partial charge in [0.2, 0.25) is 0 Å². The maximum absolute atomic E-state index is 10.4. The minimum Gasteiger partial charge on any atom is -0.508 e. The Morgan fingerprint density at radius 2 is 2.25 bits per heavy atom. The van der Waals surface area contributed by atoms with Crippen LogP contribution in [0.25, 0.3) is 0 Å². The van der Waals surface area contributed by atoms with Crippen molar-refractivity contribution in [2.75, 3.05) is 0 Å². The highest BCUT2D eigenvalue weighted by molar-refractivity contribution is 5.68. The van der Waals surface area contributed by atoms with Crippen LogP contribution >= 0.6 is 0 Å². The molecule has 0 heterocycles. The van der Waals surface area contributed by atoms with Gasteiger partial charge in [0, 0.05) is 6.07 Å². The molecule has 0 aliphatic heterocycles. The second kappa shape index (κ2) is 3.13. The van der Waals surface area contributed by atoms with Crippen LogP contribution in [0.4, 0.5) is 4.79 Å². The predicted octanol–water partition coefficient (Wildman–Crippen LogP) is 1.16. The number of carbonyl (C=O) groups is 1. The minimum absolute atomic E-state index is 0.0388. The standard InChI is InChI=1S/C8H9NO3/c1-5-2-3-6(10)4-7(5)12-8(9)11/h2-4,10H,1H3,(H2,9,11). The lowest BCUT2D eigenvalue weighted by molar-refractivity contribution is 0.210. The molecule has 0 aliphatic rings. The maximum Gasteiger partial charge on any atom is 0.409 e. The van der Waals surface area contributed by atoms with Gasteiger partial charge in [-0.2, -0.15) is 0 Å². The Bertz CT molecular complexity index is 309. The number of ether oxygens (including phenoxy) is 1. The van der Waals surface area contributed by atoms with Gasteiger partial charge < -0.3 is 15.6 Å². The van der Waals surface area contributed by atoms with Crippen LogP contribution in [0.15, 0.2) is 18.2 Å². The molecule has 4 nitrogen and oxygen atoms in total. The van der Waals surface area contributed by atoms with E-state index in [1.54, 1.807) is 13.0 Å². The first-order chi connectivity index (χ1) is 5.59. The Morgan fingerprint density at radius 3 is 2.83 bits per heavy atom. The first-order valence-electron chi connectivity index (χ1n) is 3.36. The van der Waals surface area contributed by atoms with E-state index >= 15 is 0 Å². The second-order valence-electron chi connectivity index (χ2n) is 2.37. The minimum atomic E-state index is -0.885. The second-order valence-corrected chi connectivity index (χ2v) is 2.37. The van der Waals surface area contributed by atoms with Crippen molar-refractivity contribution in [1.82, 2.24) is 0 Å². The highest BCUT2D eigenvalue weighted by Crippen LogP contribution is 2.22. The van der Waals surface area contributed by atoms with Gasteiger partial charge in [0.15, 0.2) is 0 Å². The van der Waals surface area contributed by atoms with Crippen LogP contribution in [0.1, 0.15) is 5.56 Å². The molecule has 1 amide bonds. The molecule has 0 aliphatic carbocycles. The summed E-state index contributed by atoms with van der Waals surface area (Å²) >= 11 is 0. The number of nitrogens with two attached hydrogens (primary N) is 1. The third-order valence-corrected chi connectivity index (χ3v) is 1.38. The van der Waals surface area contributed by atoms with Crippen molar-refractivity contribution in [3.05, 3.63) is 23.8 Å². The third kappa shape index (κ3) is 1.88. The molecule has 0 fully saturated rings. The molecule has 0 atom stereocenters. The van der Waals surface area contributed by atoms with E-state index in [1.165, 1.54) is 12.1 Å². The van der Waals surface area contributed by atoms with E-state index in [4.69, 9.17) is 10.8 Å². The number of hydrogen-bond donors (Lipinski definition) is 2. The molecule has 3 N–H and O–H groups in total. The van der Waals surface area contributed by atoms with Gasteiger partial charge in [-0.15, -0.1) is 0 Å². The van der Waals surface area contributed by atoms with Crippen molar-refractivity contribution >= 4 is 6.09 Å². The molecule has 0 bridgehead atoms. The average molecular weight is 167 g/mol. The summed E-state index contributed by atoms with van der Waals surface area (Å²) in [7, 11) is 0. The van der Waals surface area contributed by atoms with Gasteiger partial charge in [-0.1, -0.05) is 6.07 Å². The van der Waals surface area contributed by atoms with Crippen molar-refractivity contribution < 1.29 is 14.6 Å². The van der Waals surface area contributed by atoms with Crippen LogP contribution in [-0.4, -0.2) is 11.2 Å². The Balaban J connectivity index is 2.97. The van der Waals surface area contributed by atoms with Gasteiger partial charge in [0.1, 0.15) is 11.5 Å². The molecule has 0 saturated carbocycles. The van der Waals surface area contributed by atoms with Gasteiger partial charge in [0.25, 0.3) is 0 Å². The largest absolute Gasteiger partial charge is 0.508 e. The quantitative estimate of drug-likeness (QED) is 0.659. The fraction of sp³-hybridized carbons (Fsp3) is 0.125. The van der Waals surface area contributed by atoms with E-state index in [1.807, 2.05) is 0 Å². The predicted molar refractivity (Wildman–Crippen MR) is 43.1 cm³/mol. The van der Waals surface area contributed by atoms with Crippen molar-refractivity contribution in [3.63, 3.8) is 0 Å². The van der Waals surface area contributed by atoms with Crippen molar-refractivity contribution in [2.45, 2.75) is 6.92 Å². The highest BCUT2D eigenvalue weighted by Gasteiger charge is 2.03. The van der Waals surface area contributed by atoms with Crippen LogP contribution in [-0.2, 0) is 0 Å². The molecule has 0 spiro atoms. The number of phenols is 1. The Hall–Kier alpha value is -1.71. The summed E-state index contributed by atoms with van der Waals surface area (Å²) in [6.45, 7) is 1.75. The fourth-order valence-corrected chi connectivity index (χ4v) is 0.807. The van der Waals surface area contributed by atoms with Crippen LogP contribution in [0, 0.1) is 6.92 Å². The molecule has 1 rings (SSSR count). The van der Waals surface area contributed by atoms with Gasteiger partial charge >= 0.3 is 6.09 Å². The molecule has 4 heteroatoms. The summed E-state index contributed by atoms with van der Waals surface area (Å²) < 4.78 is 4.60. The number of amides is 1. The van der Waals surface area contributed by atoms with Gasteiger partial charge in [-0.25, -0.2) is 4.79 Å². The number of phenolic OH excluding ortho intramolecular Hbond substituents is 1. The number of rotatable bonds is 1. The van der Waals surface area contributed by atoms with Crippen molar-refractivity contribution in [3.8, 4) is 11.5 Å². The molecule has 0 radical (unpaired) electrons. The number of carbonyl (C=O) groups excluding carboxylic acids is 1. The molecular formula is C8H9NO3. The molecule has 12 heavy (non-hydrogen) atoms. The van der Waals surface area contributed by atoms with Crippen LogP contribution < -0.4 is 10.5 Å². The molecule has 0 aromatic heterocycles. The Morgan fingerprint density at radius 1 is 1.58 bits per heavy atom. The third-order valence-electron chi connectivity index (χ3n) is 1.38. The Labute approximate surface area is 69.6 Å². The van der Waals surface area contributed by atoms with E-state index in [0.717, 1.165) is 5.56 Å².